The molecule has 3 heterocycles. The van der Waals surface area contributed by atoms with Gasteiger partial charge in [-0.15, -0.1) is 22.7 Å². The molecule has 0 aliphatic heterocycles. The van der Waals surface area contributed by atoms with Crippen molar-refractivity contribution in [2.24, 2.45) is 0 Å². The van der Waals surface area contributed by atoms with Gasteiger partial charge >= 0.3 is 0 Å². The lowest BCUT2D eigenvalue weighted by Gasteiger charge is -2.06. The van der Waals surface area contributed by atoms with Gasteiger partial charge in [-0.2, -0.15) is 0 Å². The minimum absolute atomic E-state index is 0.131. The zero-order valence-electron chi connectivity index (χ0n) is 14.6. The predicted molar refractivity (Wildman–Crippen MR) is 123 cm³/mol. The van der Waals surface area contributed by atoms with Crippen molar-refractivity contribution < 1.29 is 4.79 Å². The molecule has 140 valence electrons. The molecular formula is C20H13BrN2O2S3. The zero-order valence-corrected chi connectivity index (χ0v) is 18.6. The van der Waals surface area contributed by atoms with Crippen molar-refractivity contribution >= 4 is 72.9 Å². The highest BCUT2D eigenvalue weighted by molar-refractivity contribution is 9.10. The Balaban J connectivity index is 1.82. The average Bonchev–Trinajstić information content (AvgIpc) is 3.23. The summed E-state index contributed by atoms with van der Waals surface area (Å²) in [4.78, 5) is 31.1. The lowest BCUT2D eigenvalue weighted by molar-refractivity contribution is 0.105. The number of rotatable bonds is 4. The van der Waals surface area contributed by atoms with Crippen LogP contribution in [-0.4, -0.2) is 15.3 Å². The molecule has 28 heavy (non-hydrogen) atoms. The van der Waals surface area contributed by atoms with Crippen LogP contribution in [0.2, 0.25) is 0 Å². The average molecular weight is 489 g/mol. The maximum absolute atomic E-state index is 13.1. The molecule has 0 spiro atoms. The largest absolute Gasteiger partial charge is 0.323 e. The van der Waals surface area contributed by atoms with Gasteiger partial charge < -0.3 is 4.98 Å². The molecule has 0 radical (unpaired) electrons. The van der Waals surface area contributed by atoms with Gasteiger partial charge in [0.2, 0.25) is 0 Å². The van der Waals surface area contributed by atoms with Crippen LogP contribution >= 0.6 is 50.8 Å². The van der Waals surface area contributed by atoms with Gasteiger partial charge in [0.25, 0.3) is 5.56 Å². The summed E-state index contributed by atoms with van der Waals surface area (Å²) < 4.78 is 2.75. The summed E-state index contributed by atoms with van der Waals surface area (Å²) in [6.45, 7) is 1.80. The van der Waals surface area contributed by atoms with E-state index in [4.69, 9.17) is 12.2 Å². The minimum Gasteiger partial charge on any atom is -0.323 e. The van der Waals surface area contributed by atoms with Crippen LogP contribution in [0.5, 0.6) is 0 Å². The number of ketones is 1. The van der Waals surface area contributed by atoms with Crippen LogP contribution in [0, 0.1) is 11.7 Å². The second kappa shape index (κ2) is 7.71. The molecule has 0 fully saturated rings. The number of hydrogen-bond donors (Lipinski definition) is 1. The third kappa shape index (κ3) is 3.48. The maximum Gasteiger partial charge on any atom is 0.267 e. The molecule has 0 amide bonds. The standard InChI is InChI=1S/C20H13BrN2O2S3/c1-11-16-18(22-20(26)23(19(16)25)13-5-3-2-4-6-13)28-17(11)15(24)8-7-14-9-12(21)10-27-14/h2-10H,1H3,(H,22,26)/b8-7+. The van der Waals surface area contributed by atoms with Gasteiger partial charge in [0.05, 0.1) is 16.0 Å². The van der Waals surface area contributed by atoms with Crippen molar-refractivity contribution in [2.75, 3.05) is 0 Å². The first kappa shape index (κ1) is 19.2. The highest BCUT2D eigenvalue weighted by Gasteiger charge is 2.18. The number of H-pyrrole nitrogens is 1. The summed E-state index contributed by atoms with van der Waals surface area (Å²) >= 11 is 11.6. The van der Waals surface area contributed by atoms with Crippen LogP contribution in [0.3, 0.4) is 0 Å². The first-order valence-electron chi connectivity index (χ1n) is 8.26. The van der Waals surface area contributed by atoms with Crippen LogP contribution < -0.4 is 5.56 Å². The molecule has 4 aromatic rings. The van der Waals surface area contributed by atoms with Crippen molar-refractivity contribution in [1.29, 1.82) is 0 Å². The van der Waals surface area contributed by atoms with E-state index in [2.05, 4.69) is 20.9 Å². The Labute approximate surface area is 181 Å². The van der Waals surface area contributed by atoms with Gasteiger partial charge in [-0.1, -0.05) is 18.2 Å². The Morgan fingerprint density at radius 1 is 1.29 bits per heavy atom. The number of halogens is 1. The smallest absolute Gasteiger partial charge is 0.267 e. The van der Waals surface area contributed by atoms with E-state index >= 15 is 0 Å². The summed E-state index contributed by atoms with van der Waals surface area (Å²) in [6, 6.07) is 11.2. The molecule has 0 atom stereocenters. The molecule has 0 aliphatic rings. The molecule has 0 aliphatic carbocycles. The Morgan fingerprint density at radius 3 is 2.71 bits per heavy atom. The summed E-state index contributed by atoms with van der Waals surface area (Å²) in [5.41, 5.74) is 1.14. The van der Waals surface area contributed by atoms with E-state index < -0.39 is 0 Å². The second-order valence-electron chi connectivity index (χ2n) is 6.03. The number of fused-ring (bicyclic) bond motifs is 1. The normalized spacial score (nSPS) is 11.5. The molecule has 8 heteroatoms. The van der Waals surface area contributed by atoms with Crippen molar-refractivity contribution in [3.05, 3.63) is 82.8 Å². The van der Waals surface area contributed by atoms with E-state index in [1.807, 2.05) is 41.8 Å². The lowest BCUT2D eigenvalue weighted by atomic mass is 10.1. The molecule has 0 saturated carbocycles. The Hall–Kier alpha value is -2.13. The molecule has 0 bridgehead atoms. The highest BCUT2D eigenvalue weighted by Crippen LogP contribution is 2.29. The summed E-state index contributed by atoms with van der Waals surface area (Å²) in [6.07, 6.45) is 3.33. The summed E-state index contributed by atoms with van der Waals surface area (Å²) in [7, 11) is 0. The van der Waals surface area contributed by atoms with Gasteiger partial charge in [0, 0.05) is 14.7 Å². The number of nitrogens with zero attached hydrogens (tertiary/aromatic N) is 1. The molecule has 0 unspecified atom stereocenters. The molecule has 3 aromatic heterocycles. The number of para-hydroxylation sites is 1. The summed E-state index contributed by atoms with van der Waals surface area (Å²) in [5, 5.41) is 2.46. The molecule has 1 aromatic carbocycles. The van der Waals surface area contributed by atoms with Crippen LogP contribution in [0.1, 0.15) is 20.1 Å². The number of carbonyl (C=O) groups is 1. The first-order chi connectivity index (χ1) is 13.5. The van der Waals surface area contributed by atoms with E-state index in [1.54, 1.807) is 30.4 Å². The second-order valence-corrected chi connectivity index (χ2v) is 9.30. The number of carbonyl (C=O) groups excluding carboxylic acids is 1. The lowest BCUT2D eigenvalue weighted by Crippen LogP contribution is -2.20. The minimum atomic E-state index is -0.219. The number of aromatic nitrogens is 2. The highest BCUT2D eigenvalue weighted by atomic mass is 79.9. The van der Waals surface area contributed by atoms with Crippen LogP contribution in [-0.2, 0) is 0 Å². The third-order valence-electron chi connectivity index (χ3n) is 4.21. The van der Waals surface area contributed by atoms with Crippen molar-refractivity contribution in [2.45, 2.75) is 6.92 Å². The van der Waals surface area contributed by atoms with Gasteiger partial charge in [0.1, 0.15) is 4.83 Å². The van der Waals surface area contributed by atoms with E-state index in [9.17, 15) is 9.59 Å². The monoisotopic (exact) mass is 488 g/mol. The fourth-order valence-corrected chi connectivity index (χ4v) is 5.72. The Morgan fingerprint density at radius 2 is 2.04 bits per heavy atom. The maximum atomic E-state index is 13.1. The number of thiophene rings is 2. The zero-order chi connectivity index (χ0) is 19.8. The number of nitrogens with one attached hydrogen (secondary N) is 1. The van der Waals surface area contributed by atoms with Crippen molar-refractivity contribution in [1.82, 2.24) is 9.55 Å². The number of allylic oxidation sites excluding steroid dienone is 1. The number of benzene rings is 1. The quantitative estimate of drug-likeness (QED) is 0.213. The van der Waals surface area contributed by atoms with Crippen LogP contribution in [0.25, 0.3) is 22.0 Å². The molecule has 4 rings (SSSR count). The Kier molecular flexibility index (Phi) is 5.29. The molecular weight excluding hydrogens is 476 g/mol. The molecule has 1 N–H and O–H groups in total. The van der Waals surface area contributed by atoms with E-state index in [0.717, 1.165) is 9.35 Å². The number of aryl methyl sites for hydroxylation is 1. The summed E-state index contributed by atoms with van der Waals surface area (Å²) in [5.74, 6) is -0.131. The van der Waals surface area contributed by atoms with E-state index in [-0.39, 0.29) is 11.3 Å². The van der Waals surface area contributed by atoms with Crippen molar-refractivity contribution in [3.63, 3.8) is 0 Å². The van der Waals surface area contributed by atoms with Gasteiger partial charge in [0.15, 0.2) is 10.6 Å². The fraction of sp³-hybridized carbons (Fsp3) is 0.0500. The van der Waals surface area contributed by atoms with Crippen LogP contribution in [0.15, 0.2) is 57.1 Å². The van der Waals surface area contributed by atoms with E-state index in [0.29, 0.717) is 31.1 Å². The third-order valence-corrected chi connectivity index (χ3v) is 7.38. The SMILES string of the molecule is Cc1c(C(=O)/C=C/c2cc(Br)cs2)sc2[nH]c(=S)n(-c3ccccc3)c(=O)c12. The Bertz CT molecular complexity index is 1340. The van der Waals surface area contributed by atoms with Gasteiger partial charge in [-0.25, -0.2) is 0 Å². The number of hydrogen-bond acceptors (Lipinski definition) is 5. The number of aromatic amines is 1. The van der Waals surface area contributed by atoms with Gasteiger partial charge in [-0.05, 0) is 71.0 Å². The topological polar surface area (TPSA) is 54.9 Å². The van der Waals surface area contributed by atoms with Gasteiger partial charge in [-0.3, -0.25) is 14.2 Å². The van der Waals surface area contributed by atoms with Crippen LogP contribution in [0.4, 0.5) is 0 Å². The molecule has 0 saturated heterocycles. The predicted octanol–water partition coefficient (Wildman–Crippen LogP) is 6.14. The fourth-order valence-electron chi connectivity index (χ4n) is 2.91. The molecule has 4 nitrogen and oxygen atoms in total. The van der Waals surface area contributed by atoms with E-state index in [1.165, 1.54) is 15.9 Å². The van der Waals surface area contributed by atoms with Crippen molar-refractivity contribution in [3.8, 4) is 5.69 Å². The first-order valence-corrected chi connectivity index (χ1v) is 11.2.